The number of nitrogens with zero attached hydrogens (tertiary/aromatic N) is 1. The van der Waals surface area contributed by atoms with Crippen molar-refractivity contribution in [3.05, 3.63) is 0 Å². The monoisotopic (exact) mass is 336 g/mol. The third-order valence-corrected chi connectivity index (χ3v) is 6.04. The maximum absolute atomic E-state index is 12.4. The number of rotatable bonds is 2. The number of fused-ring (bicyclic) bond motifs is 1. The van der Waals surface area contributed by atoms with Gasteiger partial charge in [-0.25, -0.2) is 4.79 Å². The van der Waals surface area contributed by atoms with Crippen LogP contribution in [0.1, 0.15) is 66.2 Å². The van der Waals surface area contributed by atoms with E-state index in [0.29, 0.717) is 11.8 Å². The molecule has 3 atom stereocenters. The fourth-order valence-electron chi connectivity index (χ4n) is 4.33. The van der Waals surface area contributed by atoms with Gasteiger partial charge >= 0.3 is 6.09 Å². The predicted molar refractivity (Wildman–Crippen MR) is 92.5 cm³/mol. The summed E-state index contributed by atoms with van der Waals surface area (Å²) in [6.07, 6.45) is 6.13. The summed E-state index contributed by atoms with van der Waals surface area (Å²) >= 11 is 0. The Morgan fingerprint density at radius 3 is 2.38 bits per heavy atom. The summed E-state index contributed by atoms with van der Waals surface area (Å²) < 4.78 is 5.50. The zero-order valence-electron chi connectivity index (χ0n) is 15.6. The highest BCUT2D eigenvalue weighted by molar-refractivity contribution is 5.83. The summed E-state index contributed by atoms with van der Waals surface area (Å²) in [5.41, 5.74) is -0.575. The Morgan fingerprint density at radius 1 is 1.12 bits per heavy atom. The SMILES string of the molecule is CC(C)(C)OC(=O)N1CC2CCC(NC(=O)C3(C)CCC3)CC2C1. The fraction of sp³-hybridized carbons (Fsp3) is 0.895. The molecule has 5 nitrogen and oxygen atoms in total. The molecule has 0 aromatic heterocycles. The Bertz CT molecular complexity index is 507. The second-order valence-corrected chi connectivity index (χ2v) is 9.30. The highest BCUT2D eigenvalue weighted by atomic mass is 16.6. The van der Waals surface area contributed by atoms with Crippen LogP contribution in [0.15, 0.2) is 0 Å². The molecule has 3 unspecified atom stereocenters. The molecule has 3 aliphatic rings. The lowest BCUT2D eigenvalue weighted by atomic mass is 9.69. The molecule has 136 valence electrons. The maximum Gasteiger partial charge on any atom is 0.410 e. The number of carbonyl (C=O) groups excluding carboxylic acids is 2. The average molecular weight is 336 g/mol. The van der Waals surface area contributed by atoms with Gasteiger partial charge in [-0.2, -0.15) is 0 Å². The van der Waals surface area contributed by atoms with E-state index < -0.39 is 5.60 Å². The van der Waals surface area contributed by atoms with E-state index in [0.717, 1.165) is 45.2 Å². The van der Waals surface area contributed by atoms with Crippen molar-refractivity contribution in [2.24, 2.45) is 17.3 Å². The molecule has 24 heavy (non-hydrogen) atoms. The van der Waals surface area contributed by atoms with E-state index in [1.165, 1.54) is 6.42 Å². The zero-order chi connectivity index (χ0) is 17.5. The number of ether oxygens (including phenoxy) is 1. The number of nitrogens with one attached hydrogen (secondary N) is 1. The van der Waals surface area contributed by atoms with Gasteiger partial charge in [-0.3, -0.25) is 4.79 Å². The van der Waals surface area contributed by atoms with E-state index in [9.17, 15) is 9.59 Å². The van der Waals surface area contributed by atoms with Crippen molar-refractivity contribution in [2.75, 3.05) is 13.1 Å². The third kappa shape index (κ3) is 3.70. The van der Waals surface area contributed by atoms with Gasteiger partial charge in [0, 0.05) is 24.5 Å². The van der Waals surface area contributed by atoms with Gasteiger partial charge in [0.05, 0.1) is 0 Å². The second-order valence-electron chi connectivity index (χ2n) is 9.30. The molecule has 0 aromatic carbocycles. The molecule has 0 radical (unpaired) electrons. The normalized spacial score (nSPS) is 31.8. The van der Waals surface area contributed by atoms with Crippen LogP contribution in [0.4, 0.5) is 4.79 Å². The van der Waals surface area contributed by atoms with Crippen LogP contribution < -0.4 is 5.32 Å². The van der Waals surface area contributed by atoms with Crippen LogP contribution in [0.5, 0.6) is 0 Å². The van der Waals surface area contributed by atoms with Gasteiger partial charge in [0.15, 0.2) is 0 Å². The minimum atomic E-state index is -0.445. The summed E-state index contributed by atoms with van der Waals surface area (Å²) in [4.78, 5) is 26.6. The van der Waals surface area contributed by atoms with E-state index in [2.05, 4.69) is 12.2 Å². The zero-order valence-corrected chi connectivity index (χ0v) is 15.6. The molecular weight excluding hydrogens is 304 g/mol. The van der Waals surface area contributed by atoms with Crippen LogP contribution in [-0.2, 0) is 9.53 Å². The number of carbonyl (C=O) groups is 2. The Labute approximate surface area is 145 Å². The molecule has 0 aromatic rings. The first-order valence-electron chi connectivity index (χ1n) is 9.45. The van der Waals surface area contributed by atoms with E-state index in [4.69, 9.17) is 4.74 Å². The second kappa shape index (κ2) is 6.23. The van der Waals surface area contributed by atoms with Gasteiger partial charge in [0.25, 0.3) is 0 Å². The standard InChI is InChI=1S/C19H32N2O3/c1-18(2,3)24-17(23)21-11-13-6-7-15(10-14(13)12-21)20-16(22)19(4)8-5-9-19/h13-15H,5-12H2,1-4H3,(H,20,22). The van der Waals surface area contributed by atoms with Crippen LogP contribution in [-0.4, -0.2) is 41.6 Å². The number of hydrogen-bond acceptors (Lipinski definition) is 3. The first kappa shape index (κ1) is 17.6. The van der Waals surface area contributed by atoms with Crippen molar-refractivity contribution in [1.29, 1.82) is 0 Å². The predicted octanol–water partition coefficient (Wildman–Crippen LogP) is 3.33. The molecule has 3 rings (SSSR count). The molecule has 2 amide bonds. The Balaban J connectivity index is 1.51. The summed E-state index contributed by atoms with van der Waals surface area (Å²) in [5.74, 6) is 1.29. The molecule has 1 heterocycles. The van der Waals surface area contributed by atoms with E-state index >= 15 is 0 Å². The first-order chi connectivity index (χ1) is 11.2. The molecule has 1 aliphatic heterocycles. The lowest BCUT2D eigenvalue weighted by molar-refractivity contribution is -0.135. The van der Waals surface area contributed by atoms with Gasteiger partial charge < -0.3 is 15.0 Å². The lowest BCUT2D eigenvalue weighted by Gasteiger charge is -2.39. The van der Waals surface area contributed by atoms with E-state index in [1.54, 1.807) is 0 Å². The average Bonchev–Trinajstić information content (AvgIpc) is 2.86. The molecule has 0 spiro atoms. The molecule has 0 bridgehead atoms. The van der Waals surface area contributed by atoms with Crippen LogP contribution in [0.25, 0.3) is 0 Å². The number of likely N-dealkylation sites (tertiary alicyclic amines) is 1. The van der Waals surface area contributed by atoms with Crippen molar-refractivity contribution in [1.82, 2.24) is 10.2 Å². The van der Waals surface area contributed by atoms with Gasteiger partial charge in [0.2, 0.25) is 5.91 Å². The number of hydrogen-bond donors (Lipinski definition) is 1. The molecular formula is C19H32N2O3. The minimum Gasteiger partial charge on any atom is -0.444 e. The van der Waals surface area contributed by atoms with E-state index in [1.807, 2.05) is 25.7 Å². The fourth-order valence-corrected chi connectivity index (χ4v) is 4.33. The molecule has 3 fully saturated rings. The Kier molecular flexibility index (Phi) is 4.56. The van der Waals surface area contributed by atoms with Crippen molar-refractivity contribution < 1.29 is 14.3 Å². The van der Waals surface area contributed by atoms with Crippen molar-refractivity contribution in [3.8, 4) is 0 Å². The first-order valence-corrected chi connectivity index (χ1v) is 9.45. The molecule has 5 heteroatoms. The summed E-state index contributed by atoms with van der Waals surface area (Å²) in [5, 5.41) is 3.28. The lowest BCUT2D eigenvalue weighted by Crippen LogP contribution is -2.49. The molecule has 2 aliphatic carbocycles. The van der Waals surface area contributed by atoms with Crippen LogP contribution >= 0.6 is 0 Å². The van der Waals surface area contributed by atoms with Gasteiger partial charge in [0.1, 0.15) is 5.60 Å². The smallest absolute Gasteiger partial charge is 0.410 e. The van der Waals surface area contributed by atoms with Crippen LogP contribution in [0.3, 0.4) is 0 Å². The van der Waals surface area contributed by atoms with Gasteiger partial charge in [-0.15, -0.1) is 0 Å². The largest absolute Gasteiger partial charge is 0.444 e. The van der Waals surface area contributed by atoms with Crippen molar-refractivity contribution in [3.63, 3.8) is 0 Å². The van der Waals surface area contributed by atoms with Crippen molar-refractivity contribution in [2.45, 2.75) is 77.9 Å². The van der Waals surface area contributed by atoms with Gasteiger partial charge in [-0.05, 0) is 64.7 Å². The minimum absolute atomic E-state index is 0.130. The summed E-state index contributed by atoms with van der Waals surface area (Å²) in [6, 6.07) is 0.273. The van der Waals surface area contributed by atoms with Crippen LogP contribution in [0, 0.1) is 17.3 Å². The highest BCUT2D eigenvalue weighted by Gasteiger charge is 2.43. The molecule has 1 saturated heterocycles. The third-order valence-electron chi connectivity index (χ3n) is 6.04. The van der Waals surface area contributed by atoms with Gasteiger partial charge in [-0.1, -0.05) is 13.3 Å². The molecule has 2 saturated carbocycles. The number of amides is 2. The Hall–Kier alpha value is -1.26. The topological polar surface area (TPSA) is 58.6 Å². The summed E-state index contributed by atoms with van der Waals surface area (Å²) in [7, 11) is 0. The highest BCUT2D eigenvalue weighted by Crippen LogP contribution is 2.41. The quantitative estimate of drug-likeness (QED) is 0.841. The Morgan fingerprint density at radius 2 is 1.79 bits per heavy atom. The van der Waals surface area contributed by atoms with Crippen LogP contribution in [0.2, 0.25) is 0 Å². The van der Waals surface area contributed by atoms with E-state index in [-0.39, 0.29) is 23.5 Å². The molecule has 1 N–H and O–H groups in total. The maximum atomic E-state index is 12.4. The summed E-state index contributed by atoms with van der Waals surface area (Å²) in [6.45, 7) is 9.36. The van der Waals surface area contributed by atoms with Crippen molar-refractivity contribution >= 4 is 12.0 Å².